The Hall–Kier alpha value is -1.65. The van der Waals surface area contributed by atoms with Gasteiger partial charge < -0.3 is 4.98 Å². The van der Waals surface area contributed by atoms with Crippen LogP contribution in [0, 0.1) is 5.82 Å². The maximum absolute atomic E-state index is 13.4. The van der Waals surface area contributed by atoms with E-state index in [1.807, 2.05) is 0 Å². The van der Waals surface area contributed by atoms with E-state index in [1.165, 1.54) is 12.1 Å². The van der Waals surface area contributed by atoms with Crippen molar-refractivity contribution >= 4 is 24.3 Å². The second-order valence-electron chi connectivity index (χ2n) is 3.27. The standard InChI is InChI=1S/C10H8BFN2O/c1-2-7-10(15)14-8-4-5(11)3-6(12)9(8)13-7/h3-4H,2H2,1H3,(H,14,15). The van der Waals surface area contributed by atoms with Crippen LogP contribution in [0.4, 0.5) is 4.39 Å². The molecule has 2 rings (SSSR count). The van der Waals surface area contributed by atoms with Crippen molar-refractivity contribution in [3.05, 3.63) is 34.0 Å². The minimum absolute atomic E-state index is 0.153. The van der Waals surface area contributed by atoms with E-state index >= 15 is 0 Å². The molecule has 0 atom stereocenters. The van der Waals surface area contributed by atoms with Gasteiger partial charge in [-0.25, -0.2) is 9.37 Å². The minimum Gasteiger partial charge on any atom is -0.319 e. The molecule has 1 N–H and O–H groups in total. The lowest BCUT2D eigenvalue weighted by Gasteiger charge is -2.02. The van der Waals surface area contributed by atoms with Crippen molar-refractivity contribution in [2.24, 2.45) is 0 Å². The SMILES string of the molecule is [B]c1cc(F)c2nc(CC)c(=O)[nH]c2c1. The molecule has 1 aromatic carbocycles. The van der Waals surface area contributed by atoms with E-state index in [0.29, 0.717) is 17.6 Å². The zero-order valence-electron chi connectivity index (χ0n) is 8.17. The molecule has 1 heterocycles. The topological polar surface area (TPSA) is 45.8 Å². The monoisotopic (exact) mass is 202 g/mol. The lowest BCUT2D eigenvalue weighted by molar-refractivity contribution is 0.636. The van der Waals surface area contributed by atoms with Crippen molar-refractivity contribution in [1.29, 1.82) is 0 Å². The lowest BCUT2D eigenvalue weighted by atomic mass is 9.95. The molecule has 0 fully saturated rings. The Labute approximate surface area is 86.8 Å². The molecule has 0 aliphatic heterocycles. The maximum atomic E-state index is 13.4. The number of hydrogen-bond acceptors (Lipinski definition) is 2. The lowest BCUT2D eigenvalue weighted by Crippen LogP contribution is -2.16. The summed E-state index contributed by atoms with van der Waals surface area (Å²) in [5.41, 5.74) is 0.776. The van der Waals surface area contributed by atoms with Gasteiger partial charge in [-0.05, 0) is 18.6 Å². The van der Waals surface area contributed by atoms with Crippen LogP contribution in [0.25, 0.3) is 11.0 Å². The summed E-state index contributed by atoms with van der Waals surface area (Å²) in [5.74, 6) is -0.518. The van der Waals surface area contributed by atoms with Crippen molar-refractivity contribution in [3.63, 3.8) is 0 Å². The Morgan fingerprint density at radius 2 is 2.27 bits per heavy atom. The predicted octanol–water partition coefficient (Wildman–Crippen LogP) is 0.418. The number of rotatable bonds is 1. The summed E-state index contributed by atoms with van der Waals surface area (Å²) in [6, 6.07) is 2.68. The fraction of sp³-hybridized carbons (Fsp3) is 0.200. The maximum Gasteiger partial charge on any atom is 0.270 e. The number of aromatic nitrogens is 2. The van der Waals surface area contributed by atoms with Crippen LogP contribution in [0.3, 0.4) is 0 Å². The molecule has 15 heavy (non-hydrogen) atoms. The average molecular weight is 202 g/mol. The van der Waals surface area contributed by atoms with Crippen LogP contribution in [0.2, 0.25) is 0 Å². The molecule has 0 aliphatic rings. The molecule has 2 aromatic rings. The van der Waals surface area contributed by atoms with Gasteiger partial charge in [-0.2, -0.15) is 0 Å². The van der Waals surface area contributed by atoms with Gasteiger partial charge in [0, 0.05) is 0 Å². The third-order valence-corrected chi connectivity index (χ3v) is 2.18. The van der Waals surface area contributed by atoms with Gasteiger partial charge in [-0.1, -0.05) is 12.4 Å². The fourth-order valence-electron chi connectivity index (χ4n) is 1.45. The molecular formula is C10H8BFN2O. The van der Waals surface area contributed by atoms with Crippen molar-refractivity contribution in [2.75, 3.05) is 0 Å². The number of nitrogens with one attached hydrogen (secondary N) is 1. The zero-order chi connectivity index (χ0) is 11.0. The van der Waals surface area contributed by atoms with Gasteiger partial charge in [-0.15, -0.1) is 0 Å². The quantitative estimate of drug-likeness (QED) is 0.681. The number of aromatic amines is 1. The summed E-state index contributed by atoms with van der Waals surface area (Å²) in [5, 5.41) is 0. The molecule has 0 bridgehead atoms. The molecule has 3 nitrogen and oxygen atoms in total. The second-order valence-corrected chi connectivity index (χ2v) is 3.27. The second kappa shape index (κ2) is 3.49. The third kappa shape index (κ3) is 1.65. The highest BCUT2D eigenvalue weighted by atomic mass is 19.1. The Morgan fingerprint density at radius 1 is 1.53 bits per heavy atom. The van der Waals surface area contributed by atoms with E-state index in [1.54, 1.807) is 6.92 Å². The first-order valence-corrected chi connectivity index (χ1v) is 4.59. The van der Waals surface area contributed by atoms with Crippen LogP contribution in [-0.2, 0) is 6.42 Å². The number of H-pyrrole nitrogens is 1. The zero-order valence-corrected chi connectivity index (χ0v) is 8.17. The molecule has 0 amide bonds. The number of halogens is 1. The van der Waals surface area contributed by atoms with E-state index in [-0.39, 0.29) is 16.5 Å². The Balaban J connectivity index is 2.87. The van der Waals surface area contributed by atoms with Crippen LogP contribution >= 0.6 is 0 Å². The van der Waals surface area contributed by atoms with Crippen LogP contribution < -0.4 is 11.0 Å². The average Bonchev–Trinajstić information content (AvgIpc) is 2.16. The third-order valence-electron chi connectivity index (χ3n) is 2.18. The summed E-state index contributed by atoms with van der Waals surface area (Å²) in [6.07, 6.45) is 0.467. The van der Waals surface area contributed by atoms with Crippen LogP contribution in [0.5, 0.6) is 0 Å². The Morgan fingerprint density at radius 3 is 2.93 bits per heavy atom. The minimum atomic E-state index is -0.518. The molecular weight excluding hydrogens is 194 g/mol. The van der Waals surface area contributed by atoms with E-state index in [0.717, 1.165) is 0 Å². The van der Waals surface area contributed by atoms with Gasteiger partial charge in [-0.3, -0.25) is 4.79 Å². The van der Waals surface area contributed by atoms with Crippen molar-refractivity contribution in [2.45, 2.75) is 13.3 Å². The molecule has 1 aromatic heterocycles. The van der Waals surface area contributed by atoms with E-state index < -0.39 is 5.82 Å². The molecule has 5 heteroatoms. The summed E-state index contributed by atoms with van der Waals surface area (Å²) in [6.45, 7) is 1.79. The van der Waals surface area contributed by atoms with Gasteiger partial charge in [0.05, 0.1) is 5.52 Å². The van der Waals surface area contributed by atoms with Crippen molar-refractivity contribution in [3.8, 4) is 0 Å². The number of fused-ring (bicyclic) bond motifs is 1. The first kappa shape index (κ1) is 9.89. The van der Waals surface area contributed by atoms with Crippen LogP contribution in [0.15, 0.2) is 16.9 Å². The van der Waals surface area contributed by atoms with Gasteiger partial charge in [0.2, 0.25) is 0 Å². The largest absolute Gasteiger partial charge is 0.319 e. The molecule has 0 saturated heterocycles. The number of hydrogen-bond donors (Lipinski definition) is 1. The van der Waals surface area contributed by atoms with Crippen molar-refractivity contribution < 1.29 is 4.39 Å². The van der Waals surface area contributed by atoms with Crippen molar-refractivity contribution in [1.82, 2.24) is 9.97 Å². The van der Waals surface area contributed by atoms with Gasteiger partial charge in [0.15, 0.2) is 0 Å². The van der Waals surface area contributed by atoms with E-state index in [2.05, 4.69) is 9.97 Å². The van der Waals surface area contributed by atoms with E-state index in [9.17, 15) is 9.18 Å². The summed E-state index contributed by atoms with van der Waals surface area (Å²) < 4.78 is 13.4. The first-order chi connectivity index (χ1) is 7.11. The molecule has 74 valence electrons. The smallest absolute Gasteiger partial charge is 0.270 e. The summed E-state index contributed by atoms with van der Waals surface area (Å²) in [7, 11) is 5.46. The predicted molar refractivity (Wildman–Crippen MR) is 57.1 cm³/mol. The normalized spacial score (nSPS) is 10.8. The summed E-state index contributed by atoms with van der Waals surface area (Å²) >= 11 is 0. The molecule has 0 spiro atoms. The van der Waals surface area contributed by atoms with Gasteiger partial charge in [0.1, 0.15) is 24.9 Å². The van der Waals surface area contributed by atoms with Crippen LogP contribution in [0.1, 0.15) is 12.6 Å². The van der Waals surface area contributed by atoms with Gasteiger partial charge in [0.25, 0.3) is 5.56 Å². The summed E-state index contributed by atoms with van der Waals surface area (Å²) in [4.78, 5) is 17.9. The van der Waals surface area contributed by atoms with E-state index in [4.69, 9.17) is 7.85 Å². The highest BCUT2D eigenvalue weighted by Crippen LogP contribution is 2.10. The van der Waals surface area contributed by atoms with Gasteiger partial charge >= 0.3 is 0 Å². The van der Waals surface area contributed by atoms with Crippen LogP contribution in [-0.4, -0.2) is 17.8 Å². The highest BCUT2D eigenvalue weighted by Gasteiger charge is 2.07. The molecule has 0 aliphatic carbocycles. The Bertz CT molecular complexity index is 579. The number of benzene rings is 1. The number of nitrogens with zero attached hydrogens (tertiary/aromatic N) is 1. The fourth-order valence-corrected chi connectivity index (χ4v) is 1.45. The highest BCUT2D eigenvalue weighted by molar-refractivity contribution is 6.33. The molecule has 2 radical (unpaired) electrons. The number of aryl methyl sites for hydroxylation is 1. The molecule has 0 saturated carbocycles. The Kier molecular flexibility index (Phi) is 2.30. The first-order valence-electron chi connectivity index (χ1n) is 4.59. The molecule has 0 unspecified atom stereocenters.